The Morgan fingerprint density at radius 3 is 2.79 bits per heavy atom. The number of aromatic nitrogens is 2. The van der Waals surface area contributed by atoms with Crippen molar-refractivity contribution in [2.75, 3.05) is 25.0 Å². The van der Waals surface area contributed by atoms with Crippen LogP contribution in [0.15, 0.2) is 36.7 Å². The van der Waals surface area contributed by atoms with Gasteiger partial charge < -0.3 is 15.0 Å². The van der Waals surface area contributed by atoms with Crippen molar-refractivity contribution in [3.63, 3.8) is 0 Å². The lowest BCUT2D eigenvalue weighted by Gasteiger charge is -2.26. The Labute approximate surface area is 141 Å². The standard InChI is InChI=1S/C18H22N4O2/c1-2-24-16-9-5-4-8-14(16)21-17-12-15(19-13-20-17)18(23)22-10-6-3-7-11-22/h4-5,8-9,12-13H,2-3,6-7,10-11H2,1H3,(H,19,20,21). The highest BCUT2D eigenvalue weighted by Crippen LogP contribution is 2.26. The Morgan fingerprint density at radius 1 is 1.21 bits per heavy atom. The molecule has 1 aromatic carbocycles. The van der Waals surface area contributed by atoms with Gasteiger partial charge in [-0.25, -0.2) is 9.97 Å². The zero-order valence-corrected chi connectivity index (χ0v) is 13.9. The molecule has 1 N–H and O–H groups in total. The number of nitrogens with zero attached hydrogens (tertiary/aromatic N) is 3. The number of carbonyl (C=O) groups is 1. The predicted octanol–water partition coefficient (Wildman–Crippen LogP) is 3.25. The molecule has 1 aromatic heterocycles. The van der Waals surface area contributed by atoms with Crippen LogP contribution >= 0.6 is 0 Å². The zero-order valence-electron chi connectivity index (χ0n) is 13.9. The highest BCUT2D eigenvalue weighted by atomic mass is 16.5. The van der Waals surface area contributed by atoms with Gasteiger partial charge in [0.1, 0.15) is 23.6 Å². The molecule has 0 spiro atoms. The predicted molar refractivity (Wildman–Crippen MR) is 92.7 cm³/mol. The zero-order chi connectivity index (χ0) is 16.8. The van der Waals surface area contributed by atoms with Gasteiger partial charge in [0.15, 0.2) is 0 Å². The summed E-state index contributed by atoms with van der Waals surface area (Å²) in [4.78, 5) is 22.8. The first-order valence-electron chi connectivity index (χ1n) is 8.38. The van der Waals surface area contributed by atoms with E-state index in [4.69, 9.17) is 4.74 Å². The van der Waals surface area contributed by atoms with Gasteiger partial charge in [0, 0.05) is 19.2 Å². The number of hydrogen-bond acceptors (Lipinski definition) is 5. The van der Waals surface area contributed by atoms with Crippen LogP contribution in [0.25, 0.3) is 0 Å². The molecule has 0 bridgehead atoms. The molecular formula is C18H22N4O2. The monoisotopic (exact) mass is 326 g/mol. The highest BCUT2D eigenvalue weighted by molar-refractivity contribution is 5.93. The summed E-state index contributed by atoms with van der Waals surface area (Å²) in [5, 5.41) is 3.21. The smallest absolute Gasteiger partial charge is 0.272 e. The minimum absolute atomic E-state index is 0.0294. The van der Waals surface area contributed by atoms with E-state index < -0.39 is 0 Å². The van der Waals surface area contributed by atoms with Crippen molar-refractivity contribution in [1.29, 1.82) is 0 Å². The third kappa shape index (κ3) is 3.82. The van der Waals surface area contributed by atoms with Gasteiger partial charge in [-0.3, -0.25) is 4.79 Å². The molecule has 0 unspecified atom stereocenters. The van der Waals surface area contributed by atoms with E-state index in [-0.39, 0.29) is 5.91 Å². The number of amides is 1. The van der Waals surface area contributed by atoms with Crippen molar-refractivity contribution in [2.24, 2.45) is 0 Å². The Balaban J connectivity index is 1.77. The van der Waals surface area contributed by atoms with E-state index in [2.05, 4.69) is 15.3 Å². The average Bonchev–Trinajstić information content (AvgIpc) is 2.64. The van der Waals surface area contributed by atoms with Crippen LogP contribution in [-0.4, -0.2) is 40.5 Å². The number of hydrogen-bond donors (Lipinski definition) is 1. The van der Waals surface area contributed by atoms with Gasteiger partial charge >= 0.3 is 0 Å². The minimum atomic E-state index is -0.0294. The third-order valence-electron chi connectivity index (χ3n) is 3.98. The molecule has 6 nitrogen and oxygen atoms in total. The molecule has 1 saturated heterocycles. The lowest BCUT2D eigenvalue weighted by Crippen LogP contribution is -2.36. The number of nitrogens with one attached hydrogen (secondary N) is 1. The van der Waals surface area contributed by atoms with Crippen LogP contribution < -0.4 is 10.1 Å². The summed E-state index contributed by atoms with van der Waals surface area (Å²) in [7, 11) is 0. The van der Waals surface area contributed by atoms with Gasteiger partial charge in [0.05, 0.1) is 12.3 Å². The maximum absolute atomic E-state index is 12.6. The van der Waals surface area contributed by atoms with Crippen molar-refractivity contribution < 1.29 is 9.53 Å². The molecule has 24 heavy (non-hydrogen) atoms. The number of ether oxygens (including phenoxy) is 1. The van der Waals surface area contributed by atoms with Gasteiger partial charge in [0.25, 0.3) is 5.91 Å². The second-order valence-corrected chi connectivity index (χ2v) is 5.70. The van der Waals surface area contributed by atoms with E-state index in [0.717, 1.165) is 37.4 Å². The molecule has 126 valence electrons. The van der Waals surface area contributed by atoms with Crippen LogP contribution in [-0.2, 0) is 0 Å². The second kappa shape index (κ2) is 7.77. The molecule has 1 amide bonds. The van der Waals surface area contributed by atoms with E-state index in [1.54, 1.807) is 6.07 Å². The number of benzene rings is 1. The molecule has 1 fully saturated rings. The van der Waals surface area contributed by atoms with E-state index in [1.165, 1.54) is 12.7 Å². The topological polar surface area (TPSA) is 67.3 Å². The second-order valence-electron chi connectivity index (χ2n) is 5.70. The number of anilines is 2. The summed E-state index contributed by atoms with van der Waals surface area (Å²) in [5.41, 5.74) is 1.23. The van der Waals surface area contributed by atoms with Crippen LogP contribution in [0.4, 0.5) is 11.5 Å². The molecule has 0 saturated carbocycles. The molecule has 0 atom stereocenters. The quantitative estimate of drug-likeness (QED) is 0.913. The van der Waals surface area contributed by atoms with Crippen LogP contribution in [0.1, 0.15) is 36.7 Å². The van der Waals surface area contributed by atoms with Crippen LogP contribution in [0.3, 0.4) is 0 Å². The first kappa shape index (κ1) is 16.2. The Kier molecular flexibility index (Phi) is 5.25. The van der Waals surface area contributed by atoms with E-state index in [0.29, 0.717) is 18.1 Å². The first-order valence-corrected chi connectivity index (χ1v) is 8.38. The van der Waals surface area contributed by atoms with Gasteiger partial charge in [-0.2, -0.15) is 0 Å². The van der Waals surface area contributed by atoms with Crippen molar-refractivity contribution in [3.8, 4) is 5.75 Å². The third-order valence-corrected chi connectivity index (χ3v) is 3.98. The molecule has 1 aliphatic heterocycles. The maximum atomic E-state index is 12.6. The summed E-state index contributed by atoms with van der Waals surface area (Å²) in [6, 6.07) is 9.35. The van der Waals surface area contributed by atoms with E-state index in [1.807, 2.05) is 36.1 Å². The fourth-order valence-electron chi connectivity index (χ4n) is 2.79. The van der Waals surface area contributed by atoms with E-state index in [9.17, 15) is 4.79 Å². The minimum Gasteiger partial charge on any atom is -0.492 e. The fourth-order valence-corrected chi connectivity index (χ4v) is 2.79. The van der Waals surface area contributed by atoms with Crippen molar-refractivity contribution in [1.82, 2.24) is 14.9 Å². The molecule has 0 radical (unpaired) electrons. The van der Waals surface area contributed by atoms with Crippen LogP contribution in [0.2, 0.25) is 0 Å². The summed E-state index contributed by atoms with van der Waals surface area (Å²) in [6.07, 6.45) is 4.73. The van der Waals surface area contributed by atoms with Crippen LogP contribution in [0.5, 0.6) is 5.75 Å². The number of rotatable bonds is 5. The molecule has 1 aliphatic rings. The molecule has 2 aromatic rings. The number of para-hydroxylation sites is 2. The average molecular weight is 326 g/mol. The Hall–Kier alpha value is -2.63. The molecule has 6 heteroatoms. The number of piperidine rings is 1. The van der Waals surface area contributed by atoms with Gasteiger partial charge in [-0.1, -0.05) is 12.1 Å². The van der Waals surface area contributed by atoms with Crippen LogP contribution in [0, 0.1) is 0 Å². The van der Waals surface area contributed by atoms with Gasteiger partial charge in [0.2, 0.25) is 0 Å². The van der Waals surface area contributed by atoms with Crippen molar-refractivity contribution in [3.05, 3.63) is 42.4 Å². The van der Waals surface area contributed by atoms with Gasteiger partial charge in [-0.15, -0.1) is 0 Å². The Bertz CT molecular complexity index is 699. The summed E-state index contributed by atoms with van der Waals surface area (Å²) in [5.74, 6) is 1.30. The molecule has 0 aliphatic carbocycles. The molecule has 3 rings (SSSR count). The first-order chi connectivity index (χ1) is 11.8. The van der Waals surface area contributed by atoms with Gasteiger partial charge in [-0.05, 0) is 38.3 Å². The largest absolute Gasteiger partial charge is 0.492 e. The maximum Gasteiger partial charge on any atom is 0.272 e. The molecule has 2 heterocycles. The molecular weight excluding hydrogens is 304 g/mol. The fraction of sp³-hybridized carbons (Fsp3) is 0.389. The summed E-state index contributed by atoms with van der Waals surface area (Å²) in [6.45, 7) is 4.13. The van der Waals surface area contributed by atoms with Crippen molar-refractivity contribution in [2.45, 2.75) is 26.2 Å². The SMILES string of the molecule is CCOc1ccccc1Nc1cc(C(=O)N2CCCCC2)ncn1. The summed E-state index contributed by atoms with van der Waals surface area (Å²) < 4.78 is 5.60. The number of carbonyl (C=O) groups excluding carboxylic acids is 1. The van der Waals surface area contributed by atoms with Crippen molar-refractivity contribution >= 4 is 17.4 Å². The normalized spacial score (nSPS) is 14.3. The number of likely N-dealkylation sites (tertiary alicyclic amines) is 1. The Morgan fingerprint density at radius 2 is 2.00 bits per heavy atom. The lowest BCUT2D eigenvalue weighted by atomic mass is 10.1. The lowest BCUT2D eigenvalue weighted by molar-refractivity contribution is 0.0718. The van der Waals surface area contributed by atoms with E-state index >= 15 is 0 Å². The highest BCUT2D eigenvalue weighted by Gasteiger charge is 2.19. The summed E-state index contributed by atoms with van der Waals surface area (Å²) >= 11 is 0.